The summed E-state index contributed by atoms with van der Waals surface area (Å²) >= 11 is 0. The summed E-state index contributed by atoms with van der Waals surface area (Å²) in [7, 11) is 0. The smallest absolute Gasteiger partial charge is 0.164 e. The molecule has 0 bridgehead atoms. The zero-order valence-electron chi connectivity index (χ0n) is 64.1. The van der Waals surface area contributed by atoms with Crippen molar-refractivity contribution in [3.05, 3.63) is 437 Å². The highest BCUT2D eigenvalue weighted by Gasteiger charge is 2.21. The maximum absolute atomic E-state index is 5.18. The van der Waals surface area contributed by atoms with Crippen LogP contribution in [-0.4, -0.2) is 39.9 Å². The molecule has 0 amide bonds. The number of para-hydroxylation sites is 2. The van der Waals surface area contributed by atoms with Crippen LogP contribution in [-0.2, 0) is 0 Å². The van der Waals surface area contributed by atoms with Crippen LogP contribution in [0.1, 0.15) is 0 Å². The van der Waals surface area contributed by atoms with Gasteiger partial charge in [0, 0.05) is 76.8 Å². The molecule has 0 radical (unpaired) electrons. The van der Waals surface area contributed by atoms with E-state index >= 15 is 0 Å². The molecule has 8 heteroatoms. The number of fused-ring (bicyclic) bond motifs is 6. The number of rotatable bonds is 15. The van der Waals surface area contributed by atoms with Crippen LogP contribution in [0, 0.1) is 0 Å². The molecule has 0 aliphatic heterocycles. The molecule has 0 spiro atoms. The van der Waals surface area contributed by atoms with Crippen LogP contribution in [0.25, 0.3) is 212 Å². The average Bonchev–Trinajstić information content (AvgIpc) is 0.748. The predicted molar refractivity (Wildman–Crippen MR) is 487 cm³/mol. The van der Waals surface area contributed by atoms with Crippen molar-refractivity contribution in [2.45, 2.75) is 0 Å². The minimum atomic E-state index is 0.615. The number of benzene rings is 17. The number of aromatic nitrogens is 8. The van der Waals surface area contributed by atoms with Gasteiger partial charge >= 0.3 is 0 Å². The molecule has 0 unspecified atom stereocenters. The summed E-state index contributed by atoms with van der Waals surface area (Å²) in [5.41, 5.74) is 27.6. The normalized spacial score (nSPS) is 11.2. The molecule has 0 aliphatic carbocycles. The average molecular weight is 1510 g/mol. The lowest BCUT2D eigenvalue weighted by Gasteiger charge is -2.15. The Labute approximate surface area is 684 Å². The second-order valence-electron chi connectivity index (χ2n) is 29.3. The van der Waals surface area contributed by atoms with Crippen molar-refractivity contribution in [2.75, 3.05) is 0 Å². The number of nitrogens with zero attached hydrogens (tertiary/aromatic N) is 8. The SMILES string of the molecule is c1ccc(-c2ccc(-c3nc(-c4ccc(-c5ccccc5)cc4)nc(-c4cccc(-c5cccc(-c6cccc7c(-c8ccccc8)nc8ccccc8c67)c5)c4)n3)cc2)cc1.c1ccc(-c2ccc(-c3nc(-c4ccccc4)nc(-c4cccc(-c5cccc(-c6cccc7c(-c8ccccc8)nc8ccccc8c67)c5)c4)n3)cc2)cc1. The third-order valence-corrected chi connectivity index (χ3v) is 21.9. The molecule has 21 aromatic rings. The van der Waals surface area contributed by atoms with E-state index in [9.17, 15) is 0 Å². The van der Waals surface area contributed by atoms with Crippen molar-refractivity contribution >= 4 is 43.4 Å². The first kappa shape index (κ1) is 71.2. The molecule has 0 saturated carbocycles. The molecule has 0 fully saturated rings. The van der Waals surface area contributed by atoms with E-state index in [2.05, 4.69) is 376 Å². The zero-order chi connectivity index (χ0) is 78.5. The first-order valence-electron chi connectivity index (χ1n) is 39.7. The Morgan fingerprint density at radius 3 is 0.644 bits per heavy atom. The van der Waals surface area contributed by atoms with Crippen LogP contribution in [0.5, 0.6) is 0 Å². The first-order valence-corrected chi connectivity index (χ1v) is 39.7. The zero-order valence-corrected chi connectivity index (χ0v) is 64.1. The van der Waals surface area contributed by atoms with Gasteiger partial charge in [-0.05, 0) is 114 Å². The lowest BCUT2D eigenvalue weighted by atomic mass is 9.91. The third kappa shape index (κ3) is 14.5. The quantitative estimate of drug-likeness (QED) is 0.0935. The van der Waals surface area contributed by atoms with E-state index in [1.807, 2.05) is 60.7 Å². The third-order valence-electron chi connectivity index (χ3n) is 21.9. The van der Waals surface area contributed by atoms with Crippen molar-refractivity contribution in [2.24, 2.45) is 0 Å². The summed E-state index contributed by atoms with van der Waals surface area (Å²) in [6.07, 6.45) is 0. The maximum atomic E-state index is 5.18. The largest absolute Gasteiger partial charge is 0.247 e. The summed E-state index contributed by atoms with van der Waals surface area (Å²) in [5.74, 6) is 3.75. The summed E-state index contributed by atoms with van der Waals surface area (Å²) < 4.78 is 0. The number of hydrogen-bond donors (Lipinski definition) is 0. The van der Waals surface area contributed by atoms with Crippen molar-refractivity contribution in [1.82, 2.24) is 39.9 Å². The Balaban J connectivity index is 0.000000152. The van der Waals surface area contributed by atoms with Crippen LogP contribution in [0.2, 0.25) is 0 Å². The van der Waals surface area contributed by atoms with E-state index in [-0.39, 0.29) is 0 Å². The molecule has 21 rings (SSSR count). The number of hydrogen-bond acceptors (Lipinski definition) is 8. The molecule has 118 heavy (non-hydrogen) atoms. The lowest BCUT2D eigenvalue weighted by Crippen LogP contribution is -2.00. The van der Waals surface area contributed by atoms with Gasteiger partial charge in [0.25, 0.3) is 0 Å². The van der Waals surface area contributed by atoms with E-state index < -0.39 is 0 Å². The Morgan fingerprint density at radius 2 is 0.322 bits per heavy atom. The van der Waals surface area contributed by atoms with Crippen molar-refractivity contribution in [3.8, 4) is 169 Å². The Bertz CT molecular complexity index is 7130. The summed E-state index contributed by atoms with van der Waals surface area (Å²) in [6, 6.07) is 152. The van der Waals surface area contributed by atoms with Crippen LogP contribution < -0.4 is 0 Å². The Morgan fingerprint density at radius 1 is 0.119 bits per heavy atom. The fourth-order valence-electron chi connectivity index (χ4n) is 16.0. The minimum Gasteiger partial charge on any atom is -0.247 e. The Kier molecular flexibility index (Phi) is 19.3. The van der Waals surface area contributed by atoms with Gasteiger partial charge in [-0.3, -0.25) is 0 Å². The van der Waals surface area contributed by atoms with E-state index in [0.29, 0.717) is 34.9 Å². The molecule has 17 aromatic carbocycles. The molecular weight excluding hydrogens is 1430 g/mol. The van der Waals surface area contributed by atoms with Gasteiger partial charge in [-0.1, -0.05) is 400 Å². The maximum Gasteiger partial charge on any atom is 0.164 e. The van der Waals surface area contributed by atoms with Crippen molar-refractivity contribution in [3.63, 3.8) is 0 Å². The van der Waals surface area contributed by atoms with Gasteiger partial charge in [0.15, 0.2) is 34.9 Å². The molecule has 0 aliphatic rings. The van der Waals surface area contributed by atoms with Crippen LogP contribution >= 0.6 is 0 Å². The predicted octanol–water partition coefficient (Wildman–Crippen LogP) is 28.2. The second kappa shape index (κ2) is 31.9. The second-order valence-corrected chi connectivity index (χ2v) is 29.3. The van der Waals surface area contributed by atoms with Crippen LogP contribution in [0.15, 0.2) is 437 Å². The highest BCUT2D eigenvalue weighted by Crippen LogP contribution is 2.43. The molecule has 0 saturated heterocycles. The fourth-order valence-corrected chi connectivity index (χ4v) is 16.0. The standard InChI is InChI=1S/C58H38N4.C52H34N4/c1-4-15-39(16-5-1)41-29-33-44(34-30-41)56-60-57(45-35-31-42(32-36-45)40-17-6-2-7-18-40)62-58(61-56)49-24-13-22-47(38-49)46-21-12-23-48(37-46)50-26-14-27-52-54(50)51-25-10-11-28-53(51)59-55(52)43-19-8-3-9-20-43;1-4-15-35(16-5-1)36-29-31-39(32-30-36)51-54-50(38-19-8-3-9-20-38)55-52(56-51)43-24-13-22-41(34-43)40-21-12-23-42(33-40)44-26-14-27-46-48(44)45-25-10-11-28-47(45)53-49(46)37-17-6-2-7-18-37/h1-38H;1-34H. The van der Waals surface area contributed by atoms with Gasteiger partial charge < -0.3 is 0 Å². The molecule has 8 nitrogen and oxygen atoms in total. The van der Waals surface area contributed by atoms with E-state index in [1.54, 1.807) is 0 Å². The van der Waals surface area contributed by atoms with Crippen molar-refractivity contribution in [1.29, 1.82) is 0 Å². The van der Waals surface area contributed by atoms with Crippen LogP contribution in [0.4, 0.5) is 0 Å². The lowest BCUT2D eigenvalue weighted by molar-refractivity contribution is 1.07. The molecule has 4 aromatic heterocycles. The summed E-state index contributed by atoms with van der Waals surface area (Å²) in [6.45, 7) is 0. The van der Waals surface area contributed by atoms with Gasteiger partial charge in [0.1, 0.15) is 0 Å². The molecule has 4 heterocycles. The fraction of sp³-hybridized carbons (Fsp3) is 0. The van der Waals surface area contributed by atoms with Crippen LogP contribution in [0.3, 0.4) is 0 Å². The van der Waals surface area contributed by atoms with Gasteiger partial charge in [-0.15, -0.1) is 0 Å². The minimum absolute atomic E-state index is 0.615. The molecule has 552 valence electrons. The summed E-state index contributed by atoms with van der Waals surface area (Å²) in [4.78, 5) is 40.8. The number of pyridine rings is 2. The first-order chi connectivity index (χ1) is 58.5. The van der Waals surface area contributed by atoms with Gasteiger partial charge in [0.2, 0.25) is 0 Å². The Hall–Kier alpha value is -15.9. The summed E-state index contributed by atoms with van der Waals surface area (Å²) in [5, 5.41) is 6.93. The monoisotopic (exact) mass is 1500 g/mol. The highest BCUT2D eigenvalue weighted by atomic mass is 15.0. The topological polar surface area (TPSA) is 103 Å². The molecule has 0 atom stereocenters. The highest BCUT2D eigenvalue weighted by molar-refractivity contribution is 6.18. The van der Waals surface area contributed by atoms with E-state index in [1.165, 1.54) is 38.6 Å². The van der Waals surface area contributed by atoms with Gasteiger partial charge in [0.05, 0.1) is 22.4 Å². The van der Waals surface area contributed by atoms with Gasteiger partial charge in [-0.2, -0.15) is 0 Å². The molecule has 0 N–H and O–H groups in total. The van der Waals surface area contributed by atoms with Crippen molar-refractivity contribution < 1.29 is 0 Å². The molecular formula is C110H72N8. The van der Waals surface area contributed by atoms with E-state index in [4.69, 9.17) is 39.9 Å². The van der Waals surface area contributed by atoms with E-state index in [0.717, 1.165) is 139 Å². The van der Waals surface area contributed by atoms with Gasteiger partial charge in [-0.25, -0.2) is 39.9 Å².